The minimum atomic E-state index is -0.681. The Morgan fingerprint density at radius 1 is 1.40 bits per heavy atom. The minimum Gasteiger partial charge on any atom is -0.451 e. The van der Waals surface area contributed by atoms with Gasteiger partial charge in [0, 0.05) is 11.1 Å². The molecule has 1 fully saturated rings. The van der Waals surface area contributed by atoms with Crippen LogP contribution in [0, 0.1) is 12.8 Å². The van der Waals surface area contributed by atoms with E-state index in [4.69, 9.17) is 16.3 Å². The van der Waals surface area contributed by atoms with Crippen molar-refractivity contribution in [3.8, 4) is 5.69 Å². The lowest BCUT2D eigenvalue weighted by Gasteiger charge is -2.12. The summed E-state index contributed by atoms with van der Waals surface area (Å²) in [4.78, 5) is 25.3. The number of esters is 1. The molecule has 132 valence electrons. The molecule has 1 aliphatic carbocycles. The van der Waals surface area contributed by atoms with Gasteiger partial charge in [-0.15, -0.1) is 5.10 Å². The van der Waals surface area contributed by atoms with Crippen molar-refractivity contribution < 1.29 is 14.3 Å². The second-order valence-electron chi connectivity index (χ2n) is 6.17. The Balaban J connectivity index is 1.61. The number of nitrogens with one attached hydrogen (secondary N) is 1. The summed E-state index contributed by atoms with van der Waals surface area (Å²) in [6.45, 7) is 3.28. The molecule has 0 bridgehead atoms. The zero-order valence-electron chi connectivity index (χ0n) is 14.0. The lowest BCUT2D eigenvalue weighted by Crippen LogP contribution is -2.37. The van der Waals surface area contributed by atoms with Crippen molar-refractivity contribution in [3.63, 3.8) is 0 Å². The van der Waals surface area contributed by atoms with Crippen LogP contribution in [0.2, 0.25) is 5.02 Å². The molecule has 0 radical (unpaired) electrons. The minimum absolute atomic E-state index is 0.0722. The van der Waals surface area contributed by atoms with Crippen LogP contribution in [0.3, 0.4) is 0 Å². The number of aryl methyl sites for hydroxylation is 1. The highest BCUT2D eigenvalue weighted by Crippen LogP contribution is 2.32. The van der Waals surface area contributed by atoms with E-state index < -0.39 is 5.97 Å². The van der Waals surface area contributed by atoms with Gasteiger partial charge in [-0.3, -0.25) is 4.79 Å². The Morgan fingerprint density at radius 2 is 2.16 bits per heavy atom. The maximum absolute atomic E-state index is 12.2. The molecule has 7 nitrogen and oxygen atoms in total. The lowest BCUT2D eigenvalue weighted by molar-refractivity contribution is -0.125. The van der Waals surface area contributed by atoms with Crippen LogP contribution in [0.15, 0.2) is 24.3 Å². The fraction of sp³-hybridized carbons (Fsp3) is 0.412. The van der Waals surface area contributed by atoms with E-state index in [1.165, 1.54) is 4.80 Å². The molecule has 0 aliphatic heterocycles. The second-order valence-corrected chi connectivity index (χ2v) is 6.61. The summed E-state index contributed by atoms with van der Waals surface area (Å²) in [6, 6.07) is 7.06. The molecule has 25 heavy (non-hydrogen) atoms. The Kier molecular flexibility index (Phi) is 5.03. The predicted octanol–water partition coefficient (Wildman–Crippen LogP) is 2.30. The van der Waals surface area contributed by atoms with Crippen molar-refractivity contribution >= 4 is 23.5 Å². The molecule has 1 aromatic carbocycles. The monoisotopic (exact) mass is 362 g/mol. The van der Waals surface area contributed by atoms with E-state index in [-0.39, 0.29) is 24.2 Å². The van der Waals surface area contributed by atoms with Crippen LogP contribution in [-0.4, -0.2) is 39.5 Å². The van der Waals surface area contributed by atoms with Gasteiger partial charge in [-0.05, 0) is 50.8 Å². The van der Waals surface area contributed by atoms with Crippen LogP contribution < -0.4 is 5.32 Å². The number of carbonyl (C=O) groups excluding carboxylic acids is 2. The maximum atomic E-state index is 12.2. The Hall–Kier alpha value is -2.41. The summed E-state index contributed by atoms with van der Waals surface area (Å²) in [5, 5.41) is 11.7. The van der Waals surface area contributed by atoms with Crippen molar-refractivity contribution in [1.29, 1.82) is 0 Å². The molecule has 1 aliphatic rings. The Bertz CT molecular complexity index is 801. The first-order valence-electron chi connectivity index (χ1n) is 8.10. The number of nitrogens with zero attached hydrogens (tertiary/aromatic N) is 3. The first-order chi connectivity index (χ1) is 11.9. The number of hydrogen-bond acceptors (Lipinski definition) is 5. The smallest absolute Gasteiger partial charge is 0.361 e. The molecule has 1 atom stereocenters. The Morgan fingerprint density at radius 3 is 2.84 bits per heavy atom. The molecule has 2 aromatic rings. The molecule has 0 saturated heterocycles. The van der Waals surface area contributed by atoms with Gasteiger partial charge in [-0.2, -0.15) is 9.90 Å². The molecule has 1 amide bonds. The fourth-order valence-corrected chi connectivity index (χ4v) is 2.68. The van der Waals surface area contributed by atoms with Gasteiger partial charge in [-0.25, -0.2) is 4.79 Å². The summed E-state index contributed by atoms with van der Waals surface area (Å²) in [5.41, 5.74) is 1.12. The van der Waals surface area contributed by atoms with Crippen LogP contribution in [0.5, 0.6) is 0 Å². The summed E-state index contributed by atoms with van der Waals surface area (Å²) in [6.07, 6.45) is 2.26. The number of carbonyl (C=O) groups is 2. The first-order valence-corrected chi connectivity index (χ1v) is 8.48. The van der Waals surface area contributed by atoms with Gasteiger partial charge in [0.25, 0.3) is 5.91 Å². The molecule has 8 heteroatoms. The van der Waals surface area contributed by atoms with Gasteiger partial charge in [0.2, 0.25) is 0 Å². The zero-order chi connectivity index (χ0) is 18.0. The highest BCUT2D eigenvalue weighted by atomic mass is 35.5. The molecule has 1 N–H and O–H groups in total. The molecule has 0 unspecified atom stereocenters. The highest BCUT2D eigenvalue weighted by Gasteiger charge is 2.29. The average Bonchev–Trinajstić information content (AvgIpc) is 3.35. The topological polar surface area (TPSA) is 86.1 Å². The number of benzene rings is 1. The lowest BCUT2D eigenvalue weighted by atomic mass is 10.2. The third-order valence-corrected chi connectivity index (χ3v) is 4.30. The molecule has 1 saturated carbocycles. The molecule has 3 rings (SSSR count). The standard InChI is InChI=1S/C17H19ClN4O3/c1-10(12-6-7-12)19-15(23)9-25-17(24)16-11(2)20-22(21-16)14-5-3-4-13(18)8-14/h3-5,8,10,12H,6-7,9H2,1-2H3,(H,19,23)/t10-/m0/s1. The number of aromatic nitrogens is 3. The zero-order valence-corrected chi connectivity index (χ0v) is 14.8. The Labute approximate surface area is 150 Å². The predicted molar refractivity (Wildman–Crippen MR) is 91.7 cm³/mol. The number of amides is 1. The van der Waals surface area contributed by atoms with E-state index >= 15 is 0 Å². The van der Waals surface area contributed by atoms with E-state index in [2.05, 4.69) is 15.5 Å². The summed E-state index contributed by atoms with van der Waals surface area (Å²) in [7, 11) is 0. The normalized spacial score (nSPS) is 14.8. The quantitative estimate of drug-likeness (QED) is 0.797. The van der Waals surface area contributed by atoms with Gasteiger partial charge in [0.05, 0.1) is 11.4 Å². The van der Waals surface area contributed by atoms with Crippen LogP contribution >= 0.6 is 11.6 Å². The first kappa shape index (κ1) is 17.4. The summed E-state index contributed by atoms with van der Waals surface area (Å²) >= 11 is 5.95. The van der Waals surface area contributed by atoms with Crippen molar-refractivity contribution in [2.75, 3.05) is 6.61 Å². The van der Waals surface area contributed by atoms with E-state index in [0.717, 1.165) is 12.8 Å². The highest BCUT2D eigenvalue weighted by molar-refractivity contribution is 6.30. The third-order valence-electron chi connectivity index (χ3n) is 4.07. The van der Waals surface area contributed by atoms with Crippen LogP contribution in [-0.2, 0) is 9.53 Å². The van der Waals surface area contributed by atoms with Gasteiger partial charge in [-0.1, -0.05) is 17.7 Å². The molecule has 1 heterocycles. The van der Waals surface area contributed by atoms with Crippen LogP contribution in [0.4, 0.5) is 0 Å². The second kappa shape index (κ2) is 7.23. The number of ether oxygens (including phenoxy) is 1. The maximum Gasteiger partial charge on any atom is 0.361 e. The summed E-state index contributed by atoms with van der Waals surface area (Å²) in [5.74, 6) is -0.452. The molecular formula is C17H19ClN4O3. The van der Waals surface area contributed by atoms with E-state index in [1.54, 1.807) is 31.2 Å². The van der Waals surface area contributed by atoms with Crippen LogP contribution in [0.25, 0.3) is 5.69 Å². The SMILES string of the molecule is Cc1nn(-c2cccc(Cl)c2)nc1C(=O)OCC(=O)N[C@@H](C)C1CC1. The molecule has 0 spiro atoms. The van der Waals surface area contributed by atoms with Crippen molar-refractivity contribution in [2.45, 2.75) is 32.7 Å². The van der Waals surface area contributed by atoms with Crippen molar-refractivity contribution in [3.05, 3.63) is 40.7 Å². The van der Waals surface area contributed by atoms with Gasteiger partial charge < -0.3 is 10.1 Å². The van der Waals surface area contributed by atoms with Crippen molar-refractivity contribution in [2.24, 2.45) is 5.92 Å². The fourth-order valence-electron chi connectivity index (χ4n) is 2.49. The van der Waals surface area contributed by atoms with Crippen molar-refractivity contribution in [1.82, 2.24) is 20.3 Å². The average molecular weight is 363 g/mol. The molecular weight excluding hydrogens is 344 g/mol. The van der Waals surface area contributed by atoms with Crippen LogP contribution in [0.1, 0.15) is 35.9 Å². The van der Waals surface area contributed by atoms with Gasteiger partial charge in [0.15, 0.2) is 12.3 Å². The van der Waals surface area contributed by atoms with E-state index in [0.29, 0.717) is 22.3 Å². The largest absolute Gasteiger partial charge is 0.451 e. The number of halogens is 1. The van der Waals surface area contributed by atoms with Gasteiger partial charge in [0.1, 0.15) is 0 Å². The van der Waals surface area contributed by atoms with E-state index in [1.807, 2.05) is 6.92 Å². The van der Waals surface area contributed by atoms with Gasteiger partial charge >= 0.3 is 5.97 Å². The number of rotatable bonds is 6. The molecule has 1 aromatic heterocycles. The third kappa shape index (κ3) is 4.36. The summed E-state index contributed by atoms with van der Waals surface area (Å²) < 4.78 is 5.05. The number of hydrogen-bond donors (Lipinski definition) is 1. The van der Waals surface area contributed by atoms with E-state index in [9.17, 15) is 9.59 Å².